The molecule has 0 radical (unpaired) electrons. The Morgan fingerprint density at radius 3 is 3.00 bits per heavy atom. The molecule has 0 aliphatic heterocycles. The van der Waals surface area contributed by atoms with E-state index in [9.17, 15) is 0 Å². The Balaban J connectivity index is 2.07. The van der Waals surface area contributed by atoms with Crippen LogP contribution in [0.25, 0.3) is 5.65 Å². The maximum atomic E-state index is 5.88. The van der Waals surface area contributed by atoms with Gasteiger partial charge in [0.1, 0.15) is 0 Å². The molecule has 0 amide bonds. The van der Waals surface area contributed by atoms with Gasteiger partial charge in [-0.1, -0.05) is 0 Å². The number of fused-ring (bicyclic) bond motifs is 1. The van der Waals surface area contributed by atoms with E-state index in [4.69, 9.17) is 10.5 Å². The van der Waals surface area contributed by atoms with Crippen LogP contribution in [-0.2, 0) is 0 Å². The SMILES string of the molecule is Nc1nc2c(OC3CCC3)c(Br)ccn2n1. The number of pyridine rings is 1. The zero-order valence-corrected chi connectivity index (χ0v) is 10.1. The summed E-state index contributed by atoms with van der Waals surface area (Å²) in [6.45, 7) is 0. The lowest BCUT2D eigenvalue weighted by atomic mass is 9.96. The number of nitrogens with zero attached hydrogens (tertiary/aromatic N) is 3. The second-order valence-electron chi connectivity index (χ2n) is 3.90. The number of hydrogen-bond donors (Lipinski definition) is 1. The van der Waals surface area contributed by atoms with Crippen molar-refractivity contribution in [1.29, 1.82) is 0 Å². The molecule has 16 heavy (non-hydrogen) atoms. The average molecular weight is 283 g/mol. The molecule has 6 heteroatoms. The number of nitrogen functional groups attached to an aromatic ring is 1. The molecule has 0 bridgehead atoms. The summed E-state index contributed by atoms with van der Waals surface area (Å²) in [5.74, 6) is 0.993. The standard InChI is InChI=1S/C10H11BrN4O/c11-7-4-5-15-9(13-10(12)14-15)8(7)16-6-2-1-3-6/h4-6H,1-3H2,(H2,12,14). The molecule has 0 aromatic carbocycles. The highest BCUT2D eigenvalue weighted by Crippen LogP contribution is 2.33. The molecule has 2 heterocycles. The van der Waals surface area contributed by atoms with Crippen LogP contribution in [0.1, 0.15) is 19.3 Å². The quantitative estimate of drug-likeness (QED) is 0.915. The molecule has 2 aromatic rings. The van der Waals surface area contributed by atoms with Gasteiger partial charge < -0.3 is 10.5 Å². The van der Waals surface area contributed by atoms with Crippen molar-refractivity contribution < 1.29 is 4.74 Å². The summed E-state index contributed by atoms with van der Waals surface area (Å²) < 4.78 is 8.40. The number of ether oxygens (including phenoxy) is 1. The zero-order chi connectivity index (χ0) is 11.1. The molecule has 2 N–H and O–H groups in total. The van der Waals surface area contributed by atoms with E-state index in [0.717, 1.165) is 23.1 Å². The van der Waals surface area contributed by atoms with E-state index < -0.39 is 0 Å². The smallest absolute Gasteiger partial charge is 0.240 e. The monoisotopic (exact) mass is 282 g/mol. The fourth-order valence-corrected chi connectivity index (χ4v) is 2.07. The number of rotatable bonds is 2. The first kappa shape index (κ1) is 9.89. The van der Waals surface area contributed by atoms with Crippen molar-refractivity contribution in [3.63, 3.8) is 0 Å². The second-order valence-corrected chi connectivity index (χ2v) is 4.76. The van der Waals surface area contributed by atoms with E-state index >= 15 is 0 Å². The van der Waals surface area contributed by atoms with Gasteiger partial charge in [-0.05, 0) is 41.3 Å². The predicted molar refractivity (Wildman–Crippen MR) is 63.4 cm³/mol. The van der Waals surface area contributed by atoms with Crippen molar-refractivity contribution in [3.8, 4) is 5.75 Å². The highest BCUT2D eigenvalue weighted by Gasteiger charge is 2.22. The molecular formula is C10H11BrN4O. The van der Waals surface area contributed by atoms with Crippen molar-refractivity contribution in [2.45, 2.75) is 25.4 Å². The largest absolute Gasteiger partial charge is 0.485 e. The highest BCUT2D eigenvalue weighted by molar-refractivity contribution is 9.10. The van der Waals surface area contributed by atoms with Crippen molar-refractivity contribution >= 4 is 27.5 Å². The van der Waals surface area contributed by atoms with E-state index in [2.05, 4.69) is 26.0 Å². The summed E-state index contributed by atoms with van der Waals surface area (Å²) >= 11 is 3.46. The van der Waals surface area contributed by atoms with Gasteiger partial charge in [0.05, 0.1) is 10.6 Å². The fraction of sp³-hybridized carbons (Fsp3) is 0.400. The van der Waals surface area contributed by atoms with Crippen molar-refractivity contribution in [2.24, 2.45) is 0 Å². The van der Waals surface area contributed by atoms with Crippen LogP contribution in [-0.4, -0.2) is 20.7 Å². The van der Waals surface area contributed by atoms with Gasteiger partial charge in [-0.25, -0.2) is 4.52 Å². The van der Waals surface area contributed by atoms with Crippen LogP contribution in [0, 0.1) is 0 Å². The normalized spacial score (nSPS) is 16.3. The molecule has 3 rings (SSSR count). The fourth-order valence-electron chi connectivity index (χ4n) is 1.68. The van der Waals surface area contributed by atoms with Gasteiger partial charge in [0.2, 0.25) is 11.6 Å². The topological polar surface area (TPSA) is 65.4 Å². The first-order valence-electron chi connectivity index (χ1n) is 5.21. The van der Waals surface area contributed by atoms with Crippen molar-refractivity contribution in [3.05, 3.63) is 16.7 Å². The van der Waals surface area contributed by atoms with Gasteiger partial charge in [0.15, 0.2) is 5.75 Å². The third kappa shape index (κ3) is 1.53. The van der Waals surface area contributed by atoms with Gasteiger partial charge in [-0.15, -0.1) is 5.10 Å². The molecule has 0 spiro atoms. The average Bonchev–Trinajstić information content (AvgIpc) is 2.54. The Kier molecular flexibility index (Phi) is 2.24. The Bertz CT molecular complexity index is 535. The van der Waals surface area contributed by atoms with E-state index in [1.807, 2.05) is 6.07 Å². The molecule has 0 unspecified atom stereocenters. The number of nitrogens with two attached hydrogens (primary N) is 1. The second kappa shape index (κ2) is 3.62. The molecule has 0 atom stereocenters. The molecular weight excluding hydrogens is 272 g/mol. The summed E-state index contributed by atoms with van der Waals surface area (Å²) in [6, 6.07) is 1.88. The zero-order valence-electron chi connectivity index (χ0n) is 8.56. The maximum Gasteiger partial charge on any atom is 0.240 e. The third-order valence-electron chi connectivity index (χ3n) is 2.77. The first-order chi connectivity index (χ1) is 7.74. The molecule has 1 saturated carbocycles. The third-order valence-corrected chi connectivity index (χ3v) is 3.39. The summed E-state index contributed by atoms with van der Waals surface area (Å²) in [6.07, 6.45) is 5.56. The maximum absolute atomic E-state index is 5.88. The number of anilines is 1. The molecule has 1 aliphatic carbocycles. The molecule has 5 nitrogen and oxygen atoms in total. The van der Waals surface area contributed by atoms with Crippen molar-refractivity contribution in [2.75, 3.05) is 5.73 Å². The Labute approximate surface area is 101 Å². The predicted octanol–water partition coefficient (Wildman–Crippen LogP) is 2.01. The Morgan fingerprint density at radius 2 is 2.31 bits per heavy atom. The van der Waals surface area contributed by atoms with Crippen LogP contribution in [0.3, 0.4) is 0 Å². The number of halogens is 1. The highest BCUT2D eigenvalue weighted by atomic mass is 79.9. The van der Waals surface area contributed by atoms with Crippen LogP contribution in [0.4, 0.5) is 5.95 Å². The molecule has 2 aromatic heterocycles. The molecule has 1 fully saturated rings. The number of hydrogen-bond acceptors (Lipinski definition) is 4. The minimum atomic E-state index is 0.261. The van der Waals surface area contributed by atoms with E-state index in [0.29, 0.717) is 11.8 Å². The number of aromatic nitrogens is 3. The van der Waals surface area contributed by atoms with Gasteiger partial charge in [0, 0.05) is 6.20 Å². The minimum Gasteiger partial charge on any atom is -0.485 e. The van der Waals surface area contributed by atoms with Crippen LogP contribution in [0.15, 0.2) is 16.7 Å². The van der Waals surface area contributed by atoms with Gasteiger partial charge in [-0.2, -0.15) is 4.98 Å². The Hall–Kier alpha value is -1.30. The van der Waals surface area contributed by atoms with Crippen LogP contribution < -0.4 is 10.5 Å². The summed E-state index contributed by atoms with van der Waals surface area (Å²) in [5, 5.41) is 4.05. The molecule has 84 valence electrons. The van der Waals surface area contributed by atoms with E-state index in [1.54, 1.807) is 10.7 Å². The van der Waals surface area contributed by atoms with Crippen LogP contribution in [0.5, 0.6) is 5.75 Å². The first-order valence-corrected chi connectivity index (χ1v) is 6.00. The Morgan fingerprint density at radius 1 is 1.50 bits per heavy atom. The molecule has 1 aliphatic rings. The van der Waals surface area contributed by atoms with Gasteiger partial charge >= 0.3 is 0 Å². The van der Waals surface area contributed by atoms with E-state index in [1.165, 1.54) is 6.42 Å². The van der Waals surface area contributed by atoms with E-state index in [-0.39, 0.29) is 5.95 Å². The molecule has 0 saturated heterocycles. The van der Waals surface area contributed by atoms with Gasteiger partial charge in [0.25, 0.3) is 0 Å². The summed E-state index contributed by atoms with van der Waals surface area (Å²) in [7, 11) is 0. The summed E-state index contributed by atoms with van der Waals surface area (Å²) in [5.41, 5.74) is 6.24. The van der Waals surface area contributed by atoms with Crippen LogP contribution >= 0.6 is 15.9 Å². The summed E-state index contributed by atoms with van der Waals surface area (Å²) in [4.78, 5) is 4.16. The minimum absolute atomic E-state index is 0.261. The van der Waals surface area contributed by atoms with Gasteiger partial charge in [-0.3, -0.25) is 0 Å². The van der Waals surface area contributed by atoms with Crippen molar-refractivity contribution in [1.82, 2.24) is 14.6 Å². The lowest BCUT2D eigenvalue weighted by Gasteiger charge is -2.26. The lowest BCUT2D eigenvalue weighted by Crippen LogP contribution is -2.25. The lowest BCUT2D eigenvalue weighted by molar-refractivity contribution is 0.120. The van der Waals surface area contributed by atoms with Crippen LogP contribution in [0.2, 0.25) is 0 Å².